The average molecular weight is 757 g/mol. The molecule has 2 heterocycles. The summed E-state index contributed by atoms with van der Waals surface area (Å²) >= 11 is 0. The van der Waals surface area contributed by atoms with Crippen LogP contribution in [0.15, 0.2) is 100 Å². The fraction of sp³-hybridized carbons (Fsp3) is 0.154. The Bertz CT molecular complexity index is 2350. The van der Waals surface area contributed by atoms with E-state index in [4.69, 9.17) is 23.4 Å². The van der Waals surface area contributed by atoms with Crippen molar-refractivity contribution in [1.29, 1.82) is 0 Å². The average Bonchev–Trinajstić information content (AvgIpc) is 3.14. The lowest BCUT2D eigenvalue weighted by molar-refractivity contribution is -0.281. The zero-order chi connectivity index (χ0) is 39.4. The van der Waals surface area contributed by atoms with Gasteiger partial charge < -0.3 is 64.2 Å². The van der Waals surface area contributed by atoms with Gasteiger partial charge in [-0.15, -0.1) is 0 Å². The van der Waals surface area contributed by atoms with Crippen molar-refractivity contribution in [3.63, 3.8) is 0 Å². The van der Waals surface area contributed by atoms with Gasteiger partial charge in [-0.3, -0.25) is 4.79 Å². The molecule has 5 atom stereocenters. The normalized spacial score (nSPS) is 19.8. The zero-order valence-electron chi connectivity index (χ0n) is 28.3. The van der Waals surface area contributed by atoms with E-state index < -0.39 is 71.9 Å². The molecule has 0 aliphatic carbocycles. The maximum absolute atomic E-state index is 12.9. The van der Waals surface area contributed by atoms with Crippen molar-refractivity contribution in [2.24, 2.45) is 0 Å². The van der Waals surface area contributed by atoms with E-state index in [1.54, 1.807) is 0 Å². The largest absolute Gasteiger partial charge is 0.508 e. The monoisotopic (exact) mass is 756 g/mol. The maximum Gasteiger partial charge on any atom is 0.331 e. The van der Waals surface area contributed by atoms with Gasteiger partial charge in [-0.25, -0.2) is 9.59 Å². The molecule has 0 saturated carbocycles. The Morgan fingerprint density at radius 3 is 1.93 bits per heavy atom. The predicted octanol–water partition coefficient (Wildman–Crippen LogP) is 3.40. The molecular weight excluding hydrogens is 724 g/mol. The Kier molecular flexibility index (Phi) is 10.9. The van der Waals surface area contributed by atoms with Gasteiger partial charge in [0.25, 0.3) is 0 Å². The number of hydrogen-bond donors (Lipinski definition) is 8. The lowest BCUT2D eigenvalue weighted by Gasteiger charge is -2.41. The van der Waals surface area contributed by atoms with Crippen molar-refractivity contribution in [3.05, 3.63) is 112 Å². The predicted molar refractivity (Wildman–Crippen MR) is 191 cm³/mol. The van der Waals surface area contributed by atoms with Crippen molar-refractivity contribution in [2.75, 3.05) is 6.61 Å². The van der Waals surface area contributed by atoms with Gasteiger partial charge in [0.15, 0.2) is 40.6 Å². The minimum absolute atomic E-state index is 0.0197. The van der Waals surface area contributed by atoms with Crippen molar-refractivity contribution >= 4 is 35.1 Å². The second-order valence-corrected chi connectivity index (χ2v) is 12.2. The van der Waals surface area contributed by atoms with Gasteiger partial charge >= 0.3 is 11.9 Å². The smallest absolute Gasteiger partial charge is 0.331 e. The van der Waals surface area contributed by atoms with E-state index in [2.05, 4.69) is 0 Å². The number of carbonyl (C=O) groups is 2. The van der Waals surface area contributed by atoms with Gasteiger partial charge in [0.05, 0.1) is 0 Å². The van der Waals surface area contributed by atoms with Crippen molar-refractivity contribution in [3.8, 4) is 51.6 Å². The number of phenolic OH excluding ortho intramolecular Hbond substituents is 6. The number of carbonyl (C=O) groups excluding carboxylic acids is 2. The van der Waals surface area contributed by atoms with Crippen molar-refractivity contribution in [2.45, 2.75) is 30.7 Å². The summed E-state index contributed by atoms with van der Waals surface area (Å²) in [5.74, 6) is -4.32. The third kappa shape index (κ3) is 8.80. The zero-order valence-corrected chi connectivity index (χ0v) is 28.3. The second-order valence-electron chi connectivity index (χ2n) is 12.2. The molecule has 1 aliphatic heterocycles. The fourth-order valence-corrected chi connectivity index (χ4v) is 5.49. The first kappa shape index (κ1) is 37.7. The standard InChI is InChI=1S/C39H32O16/c40-22-7-5-21(6-8-22)30-17-29(46)35-28(45)15-23(16-31(35)53-30)52-39-37(50)38(55-34(48)12-4-20-2-10-25(42)27(44)14-20)36(49)32(54-39)18-51-33(47)11-3-19-1-9-24(41)26(43)13-19/h1-17,32,36-45,49-50H,18H2. The third-order valence-electron chi connectivity index (χ3n) is 8.29. The maximum atomic E-state index is 12.9. The molecule has 284 valence electrons. The number of aliphatic hydroxyl groups excluding tert-OH is 2. The first-order valence-electron chi connectivity index (χ1n) is 16.3. The van der Waals surface area contributed by atoms with Crippen LogP contribution < -0.4 is 10.2 Å². The molecule has 0 spiro atoms. The first-order valence-corrected chi connectivity index (χ1v) is 16.3. The van der Waals surface area contributed by atoms with E-state index in [1.807, 2.05) is 0 Å². The van der Waals surface area contributed by atoms with Crippen LogP contribution in [0.4, 0.5) is 0 Å². The van der Waals surface area contributed by atoms with Gasteiger partial charge in [-0.05, 0) is 71.8 Å². The summed E-state index contributed by atoms with van der Waals surface area (Å²) < 4.78 is 28.1. The van der Waals surface area contributed by atoms with Crippen LogP contribution in [0.5, 0.6) is 40.2 Å². The van der Waals surface area contributed by atoms with Crippen LogP contribution in [-0.2, 0) is 23.8 Å². The topological polar surface area (TPSA) is 263 Å². The Balaban J connectivity index is 1.25. The quantitative estimate of drug-likeness (QED) is 0.0577. The summed E-state index contributed by atoms with van der Waals surface area (Å²) in [6.07, 6.45) is -4.33. The number of benzene rings is 4. The summed E-state index contributed by atoms with van der Waals surface area (Å²) in [4.78, 5) is 38.4. The number of ether oxygens (including phenoxy) is 4. The van der Waals surface area contributed by atoms with Crippen LogP contribution >= 0.6 is 0 Å². The highest BCUT2D eigenvalue weighted by Crippen LogP contribution is 2.34. The van der Waals surface area contributed by atoms with Crippen LogP contribution in [0.2, 0.25) is 0 Å². The number of fused-ring (bicyclic) bond motifs is 1. The van der Waals surface area contributed by atoms with Crippen LogP contribution in [0, 0.1) is 0 Å². The Morgan fingerprint density at radius 2 is 1.31 bits per heavy atom. The van der Waals surface area contributed by atoms with Gasteiger partial charge in [-0.2, -0.15) is 0 Å². The molecule has 5 aromatic rings. The SMILES string of the molecule is O=C(C=Cc1ccc(O)c(O)c1)OCC1OC(Oc2cc(O)c3c(=O)cc(-c4ccc(O)cc4)oc3c2)C(O)C(OC(=O)C=Cc2ccc(O)c(O)c2)C1O. The molecule has 1 saturated heterocycles. The molecule has 0 bridgehead atoms. The summed E-state index contributed by atoms with van der Waals surface area (Å²) in [6, 6.07) is 16.7. The minimum Gasteiger partial charge on any atom is -0.508 e. The second kappa shape index (κ2) is 15.9. The van der Waals surface area contributed by atoms with Crippen LogP contribution in [0.3, 0.4) is 0 Å². The summed E-state index contributed by atoms with van der Waals surface area (Å²) in [5.41, 5.74) is 0.315. The molecule has 1 aromatic heterocycles. The van der Waals surface area contributed by atoms with Crippen molar-refractivity contribution in [1.82, 2.24) is 0 Å². The lowest BCUT2D eigenvalue weighted by atomic mass is 9.99. The molecule has 16 nitrogen and oxygen atoms in total. The molecule has 5 unspecified atom stereocenters. The molecule has 8 N–H and O–H groups in total. The summed E-state index contributed by atoms with van der Waals surface area (Å²) in [6.45, 7) is -0.664. The van der Waals surface area contributed by atoms with Crippen LogP contribution in [0.1, 0.15) is 11.1 Å². The number of rotatable bonds is 10. The highest BCUT2D eigenvalue weighted by molar-refractivity contribution is 5.88. The Morgan fingerprint density at radius 1 is 0.691 bits per heavy atom. The number of hydrogen-bond acceptors (Lipinski definition) is 16. The number of esters is 2. The first-order chi connectivity index (χ1) is 26.2. The van der Waals surface area contributed by atoms with Gasteiger partial charge in [0.2, 0.25) is 6.29 Å². The van der Waals surface area contributed by atoms with E-state index in [-0.39, 0.29) is 39.7 Å². The van der Waals surface area contributed by atoms with E-state index >= 15 is 0 Å². The van der Waals surface area contributed by atoms with E-state index in [9.17, 15) is 55.2 Å². The molecule has 6 rings (SSSR count). The van der Waals surface area contributed by atoms with Crippen LogP contribution in [0.25, 0.3) is 34.4 Å². The molecule has 16 heteroatoms. The molecule has 0 amide bonds. The van der Waals surface area contributed by atoms with Gasteiger partial charge in [0.1, 0.15) is 52.8 Å². The molecular formula is C39H32O16. The van der Waals surface area contributed by atoms with Gasteiger partial charge in [0, 0.05) is 35.9 Å². The molecule has 0 radical (unpaired) electrons. The summed E-state index contributed by atoms with van der Waals surface area (Å²) in [7, 11) is 0. The number of aromatic hydroxyl groups is 6. The van der Waals surface area contributed by atoms with Crippen molar-refractivity contribution < 1.29 is 73.8 Å². The third-order valence-corrected chi connectivity index (χ3v) is 8.29. The highest BCUT2D eigenvalue weighted by Gasteiger charge is 2.48. The molecule has 1 aliphatic rings. The Hall–Kier alpha value is -7.01. The molecule has 55 heavy (non-hydrogen) atoms. The van der Waals surface area contributed by atoms with E-state index in [1.165, 1.54) is 78.9 Å². The minimum atomic E-state index is -1.91. The van der Waals surface area contributed by atoms with Gasteiger partial charge in [-0.1, -0.05) is 12.1 Å². The van der Waals surface area contributed by atoms with E-state index in [0.717, 1.165) is 24.3 Å². The number of aliphatic hydroxyl groups is 2. The highest BCUT2D eigenvalue weighted by atomic mass is 16.7. The molecule has 4 aromatic carbocycles. The lowest BCUT2D eigenvalue weighted by Crippen LogP contribution is -2.61. The number of phenols is 6. The molecule has 1 fully saturated rings. The van der Waals surface area contributed by atoms with E-state index in [0.29, 0.717) is 16.7 Å². The Labute approximate surface area is 309 Å². The fourth-order valence-electron chi connectivity index (χ4n) is 5.49. The van der Waals surface area contributed by atoms with Crippen LogP contribution in [-0.4, -0.2) is 90.1 Å². The summed E-state index contributed by atoms with van der Waals surface area (Å²) in [5, 5.41) is 81.1.